The summed E-state index contributed by atoms with van der Waals surface area (Å²) in [5, 5.41) is 0. The van der Waals surface area contributed by atoms with Gasteiger partial charge in [-0.1, -0.05) is 42.0 Å². The van der Waals surface area contributed by atoms with Gasteiger partial charge in [-0.2, -0.15) is 0 Å². The molecule has 2 aliphatic rings. The van der Waals surface area contributed by atoms with Gasteiger partial charge in [-0.25, -0.2) is 0 Å². The van der Waals surface area contributed by atoms with Gasteiger partial charge in [-0.3, -0.25) is 0 Å². The topological polar surface area (TPSA) is 0 Å². The third-order valence-electron chi connectivity index (χ3n) is 2.43. The zero-order chi connectivity index (χ0) is 7.68. The number of rotatable bonds is 1. The zero-order valence-electron chi connectivity index (χ0n) is 6.53. The molecule has 0 heteroatoms. The van der Waals surface area contributed by atoms with E-state index >= 15 is 0 Å². The molecule has 11 heavy (non-hydrogen) atoms. The van der Waals surface area contributed by atoms with Crippen LogP contribution in [0.15, 0.2) is 48.6 Å². The van der Waals surface area contributed by atoms with Gasteiger partial charge in [0.15, 0.2) is 0 Å². The molecular formula is C11H12. The molecule has 0 aromatic carbocycles. The van der Waals surface area contributed by atoms with Crippen LogP contribution in [0.3, 0.4) is 0 Å². The highest BCUT2D eigenvalue weighted by molar-refractivity contribution is 5.39. The van der Waals surface area contributed by atoms with Crippen molar-refractivity contribution < 1.29 is 0 Å². The lowest BCUT2D eigenvalue weighted by Gasteiger charge is -1.87. The lowest BCUT2D eigenvalue weighted by Crippen LogP contribution is -1.74. The molecule has 0 heterocycles. The van der Waals surface area contributed by atoms with Gasteiger partial charge < -0.3 is 0 Å². The fraction of sp³-hybridized carbons (Fsp3) is 0.273. The first kappa shape index (κ1) is 6.66. The summed E-state index contributed by atoms with van der Waals surface area (Å²) in [5.74, 6) is 1.44. The molecule has 0 amide bonds. The minimum atomic E-state index is 0.669. The normalized spacial score (nSPS) is 33.3. The van der Waals surface area contributed by atoms with E-state index in [0.717, 1.165) is 5.92 Å². The van der Waals surface area contributed by atoms with Crippen LogP contribution in [0.25, 0.3) is 0 Å². The first-order valence-corrected chi connectivity index (χ1v) is 4.09. The fourth-order valence-electron chi connectivity index (χ4n) is 1.72. The standard InChI is InChI=1S/C11H12/c1-2-9-10-7-5-3-4-6-8-11(9)10/h2-7,9,11H,1,8H2/t9-,11+/m0/s1. The lowest BCUT2D eigenvalue weighted by atomic mass is 10.2. The molecule has 0 spiro atoms. The van der Waals surface area contributed by atoms with Crippen LogP contribution in [-0.4, -0.2) is 0 Å². The molecule has 0 nitrogen and oxygen atoms in total. The quantitative estimate of drug-likeness (QED) is 0.496. The summed E-state index contributed by atoms with van der Waals surface area (Å²) in [6.07, 6.45) is 14.0. The molecule has 0 radical (unpaired) electrons. The second kappa shape index (κ2) is 2.54. The van der Waals surface area contributed by atoms with Gasteiger partial charge in [0.05, 0.1) is 0 Å². The smallest absolute Gasteiger partial charge is 0.00492 e. The SMILES string of the molecule is C=C[C@H]1C2=CC=CC=CC[C@@H]21. The largest absolute Gasteiger partial charge is 0.102 e. The molecular weight excluding hydrogens is 132 g/mol. The Morgan fingerprint density at radius 1 is 1.36 bits per heavy atom. The van der Waals surface area contributed by atoms with Crippen molar-refractivity contribution in [1.29, 1.82) is 0 Å². The van der Waals surface area contributed by atoms with Gasteiger partial charge in [-0.15, -0.1) is 6.58 Å². The van der Waals surface area contributed by atoms with Crippen LogP contribution in [0, 0.1) is 11.8 Å². The summed E-state index contributed by atoms with van der Waals surface area (Å²) in [4.78, 5) is 0. The summed E-state index contributed by atoms with van der Waals surface area (Å²) in [7, 11) is 0. The highest BCUT2D eigenvalue weighted by Gasteiger charge is 2.39. The van der Waals surface area contributed by atoms with Crippen LogP contribution in [0.1, 0.15) is 6.42 Å². The predicted molar refractivity (Wildman–Crippen MR) is 48.2 cm³/mol. The summed E-state index contributed by atoms with van der Waals surface area (Å²) in [6.45, 7) is 3.82. The van der Waals surface area contributed by atoms with E-state index in [0.29, 0.717) is 5.92 Å². The van der Waals surface area contributed by atoms with Gasteiger partial charge in [0.25, 0.3) is 0 Å². The van der Waals surface area contributed by atoms with Gasteiger partial charge in [0.2, 0.25) is 0 Å². The molecule has 0 saturated heterocycles. The van der Waals surface area contributed by atoms with Crippen molar-refractivity contribution in [3.63, 3.8) is 0 Å². The summed E-state index contributed by atoms with van der Waals surface area (Å²) in [6, 6.07) is 0. The lowest BCUT2D eigenvalue weighted by molar-refractivity contribution is 0.816. The number of fused-ring (bicyclic) bond motifs is 1. The molecule has 56 valence electrons. The molecule has 0 aliphatic heterocycles. The van der Waals surface area contributed by atoms with Crippen molar-refractivity contribution in [2.24, 2.45) is 11.8 Å². The minimum absolute atomic E-state index is 0.669. The third kappa shape index (κ3) is 1.09. The van der Waals surface area contributed by atoms with Gasteiger partial charge in [0, 0.05) is 5.92 Å². The molecule has 0 unspecified atom stereocenters. The Balaban J connectivity index is 2.21. The molecule has 0 aromatic rings. The minimum Gasteiger partial charge on any atom is -0.102 e. The Morgan fingerprint density at radius 2 is 2.27 bits per heavy atom. The molecule has 0 bridgehead atoms. The van der Waals surface area contributed by atoms with Crippen LogP contribution in [0.4, 0.5) is 0 Å². The van der Waals surface area contributed by atoms with E-state index in [4.69, 9.17) is 0 Å². The number of hydrogen-bond donors (Lipinski definition) is 0. The Morgan fingerprint density at radius 3 is 3.09 bits per heavy atom. The summed E-state index contributed by atoms with van der Waals surface area (Å²) in [5.41, 5.74) is 1.56. The van der Waals surface area contributed by atoms with Crippen molar-refractivity contribution in [2.75, 3.05) is 0 Å². The Kier molecular flexibility index (Phi) is 1.54. The monoisotopic (exact) mass is 144 g/mol. The van der Waals surface area contributed by atoms with Crippen molar-refractivity contribution in [3.05, 3.63) is 48.6 Å². The fourth-order valence-corrected chi connectivity index (χ4v) is 1.72. The summed E-state index contributed by atoms with van der Waals surface area (Å²) >= 11 is 0. The molecule has 0 aromatic heterocycles. The molecule has 0 N–H and O–H groups in total. The van der Waals surface area contributed by atoms with Gasteiger partial charge >= 0.3 is 0 Å². The Labute approximate surface area is 67.6 Å². The molecule has 1 fully saturated rings. The van der Waals surface area contributed by atoms with Crippen LogP contribution in [0.2, 0.25) is 0 Å². The maximum absolute atomic E-state index is 3.82. The van der Waals surface area contributed by atoms with Crippen LogP contribution >= 0.6 is 0 Å². The predicted octanol–water partition coefficient (Wildman–Crippen LogP) is 2.86. The average Bonchev–Trinajstić information content (AvgIpc) is 2.60. The van der Waals surface area contributed by atoms with Gasteiger partial charge in [-0.05, 0) is 12.3 Å². The van der Waals surface area contributed by atoms with Crippen molar-refractivity contribution in [3.8, 4) is 0 Å². The molecule has 2 atom stereocenters. The molecule has 2 aliphatic carbocycles. The van der Waals surface area contributed by atoms with Crippen molar-refractivity contribution in [2.45, 2.75) is 6.42 Å². The first-order chi connectivity index (χ1) is 5.43. The maximum Gasteiger partial charge on any atom is 0.00492 e. The van der Waals surface area contributed by atoms with Crippen molar-refractivity contribution in [1.82, 2.24) is 0 Å². The highest BCUT2D eigenvalue weighted by Crippen LogP contribution is 2.49. The van der Waals surface area contributed by atoms with Gasteiger partial charge in [0.1, 0.15) is 0 Å². The first-order valence-electron chi connectivity index (χ1n) is 4.09. The Hall–Kier alpha value is -1.04. The molecule has 2 rings (SSSR count). The van der Waals surface area contributed by atoms with E-state index in [1.165, 1.54) is 6.42 Å². The number of hydrogen-bond acceptors (Lipinski definition) is 0. The van der Waals surface area contributed by atoms with E-state index in [1.807, 2.05) is 0 Å². The van der Waals surface area contributed by atoms with Crippen LogP contribution in [-0.2, 0) is 0 Å². The average molecular weight is 144 g/mol. The third-order valence-corrected chi connectivity index (χ3v) is 2.43. The number of allylic oxidation sites excluding steroid dienone is 7. The second-order valence-corrected chi connectivity index (χ2v) is 3.08. The second-order valence-electron chi connectivity index (χ2n) is 3.08. The maximum atomic E-state index is 3.82. The summed E-state index contributed by atoms with van der Waals surface area (Å²) < 4.78 is 0. The Bertz CT molecular complexity index is 253. The van der Waals surface area contributed by atoms with E-state index in [-0.39, 0.29) is 0 Å². The van der Waals surface area contributed by atoms with E-state index in [2.05, 4.69) is 43.0 Å². The molecule has 1 saturated carbocycles. The van der Waals surface area contributed by atoms with Crippen LogP contribution < -0.4 is 0 Å². The zero-order valence-corrected chi connectivity index (χ0v) is 6.53. The van der Waals surface area contributed by atoms with E-state index < -0.39 is 0 Å². The van der Waals surface area contributed by atoms with Crippen LogP contribution in [0.5, 0.6) is 0 Å². The van der Waals surface area contributed by atoms with Crippen molar-refractivity contribution >= 4 is 0 Å². The van der Waals surface area contributed by atoms with E-state index in [1.54, 1.807) is 5.57 Å². The van der Waals surface area contributed by atoms with E-state index in [9.17, 15) is 0 Å². The highest BCUT2D eigenvalue weighted by atomic mass is 14.4.